The Morgan fingerprint density at radius 1 is 1.37 bits per heavy atom. The van der Waals surface area contributed by atoms with Crippen LogP contribution in [0.3, 0.4) is 0 Å². The minimum Gasteiger partial charge on any atom is -0.480 e. The van der Waals surface area contributed by atoms with E-state index in [2.05, 4.69) is 11.9 Å². The number of benzene rings is 1. The fraction of sp³-hybridized carbons (Fsp3) is 0.231. The Kier molecular flexibility index (Phi) is 6.05. The lowest BCUT2D eigenvalue weighted by Crippen LogP contribution is -2.41. The van der Waals surface area contributed by atoms with Crippen molar-refractivity contribution in [3.8, 4) is 0 Å². The van der Waals surface area contributed by atoms with E-state index < -0.39 is 12.5 Å². The molecule has 1 amide bonds. The number of amides is 1. The first-order valence-corrected chi connectivity index (χ1v) is 6.01. The van der Waals surface area contributed by atoms with Crippen molar-refractivity contribution >= 4 is 29.2 Å². The molecule has 0 radical (unpaired) electrons. The van der Waals surface area contributed by atoms with E-state index in [9.17, 15) is 9.59 Å². The molecule has 0 aliphatic carbocycles. The van der Waals surface area contributed by atoms with Crippen molar-refractivity contribution < 1.29 is 14.7 Å². The number of hydrogen-bond acceptors (Lipinski definition) is 3. The van der Waals surface area contributed by atoms with E-state index in [0.717, 1.165) is 0 Å². The van der Waals surface area contributed by atoms with Crippen LogP contribution in [0.5, 0.6) is 0 Å². The van der Waals surface area contributed by atoms with Crippen LogP contribution in [0.25, 0.3) is 0 Å². The Hall–Kier alpha value is -1.85. The third-order valence-electron chi connectivity index (χ3n) is 2.30. The highest BCUT2D eigenvalue weighted by atomic mass is 35.5. The summed E-state index contributed by atoms with van der Waals surface area (Å²) in [4.78, 5) is 24.0. The summed E-state index contributed by atoms with van der Waals surface area (Å²) < 4.78 is 0. The molecule has 0 heterocycles. The average molecular weight is 283 g/mol. The predicted octanol–water partition coefficient (Wildman–Crippen LogP) is 1.53. The third-order valence-corrected chi connectivity index (χ3v) is 2.55. The summed E-state index contributed by atoms with van der Waals surface area (Å²) in [6, 6.07) is 6.43. The van der Waals surface area contributed by atoms with Gasteiger partial charge in [0.1, 0.15) is 6.54 Å². The summed E-state index contributed by atoms with van der Waals surface area (Å²) in [5, 5.41) is 12.2. The van der Waals surface area contributed by atoms with Crippen LogP contribution in [0, 0.1) is 0 Å². The maximum Gasteiger partial charge on any atom is 0.323 e. The Labute approximate surface area is 116 Å². The molecule has 0 saturated carbocycles. The van der Waals surface area contributed by atoms with Gasteiger partial charge in [-0.2, -0.15) is 0 Å². The van der Waals surface area contributed by atoms with Gasteiger partial charge in [-0.05, 0) is 24.3 Å². The zero-order valence-corrected chi connectivity index (χ0v) is 11.1. The van der Waals surface area contributed by atoms with Crippen LogP contribution in [0.4, 0.5) is 5.69 Å². The Balaban J connectivity index is 2.81. The first kappa shape index (κ1) is 15.2. The number of anilines is 1. The number of carbonyl (C=O) groups is 2. The van der Waals surface area contributed by atoms with E-state index in [4.69, 9.17) is 16.7 Å². The van der Waals surface area contributed by atoms with Gasteiger partial charge >= 0.3 is 5.97 Å². The van der Waals surface area contributed by atoms with Crippen molar-refractivity contribution in [1.29, 1.82) is 0 Å². The van der Waals surface area contributed by atoms with Crippen molar-refractivity contribution in [2.45, 2.75) is 0 Å². The van der Waals surface area contributed by atoms with Gasteiger partial charge in [-0.25, -0.2) is 0 Å². The highest BCUT2D eigenvalue weighted by Gasteiger charge is 2.18. The van der Waals surface area contributed by atoms with Gasteiger partial charge in [0.05, 0.1) is 6.54 Å². The minimum atomic E-state index is -1.08. The second-order valence-corrected chi connectivity index (χ2v) is 4.21. The van der Waals surface area contributed by atoms with E-state index in [-0.39, 0.29) is 12.5 Å². The van der Waals surface area contributed by atoms with Crippen LogP contribution in [-0.4, -0.2) is 36.6 Å². The van der Waals surface area contributed by atoms with Gasteiger partial charge in [0.2, 0.25) is 5.91 Å². The number of carboxylic acid groups (broad SMARTS) is 1. The predicted molar refractivity (Wildman–Crippen MR) is 74.5 cm³/mol. The summed E-state index contributed by atoms with van der Waals surface area (Å²) in [5.74, 6) is -1.40. The lowest BCUT2D eigenvalue weighted by molar-refractivity contribution is -0.136. The zero-order chi connectivity index (χ0) is 14.3. The first-order valence-electron chi connectivity index (χ1n) is 5.64. The van der Waals surface area contributed by atoms with Crippen molar-refractivity contribution in [3.05, 3.63) is 41.9 Å². The third kappa shape index (κ3) is 5.11. The summed E-state index contributed by atoms with van der Waals surface area (Å²) in [6.07, 6.45) is 1.62. The standard InChI is InChI=1S/C13H15ClN2O3/c1-2-7-15-8-12(17)16(9-13(18)19)11-5-3-10(14)4-6-11/h2-6,15H,1,7-9H2,(H,18,19). The summed E-state index contributed by atoms with van der Waals surface area (Å²) in [5.41, 5.74) is 0.497. The number of carboxylic acids is 1. The number of nitrogens with zero attached hydrogens (tertiary/aromatic N) is 1. The molecule has 1 rings (SSSR count). The molecule has 2 N–H and O–H groups in total. The summed E-state index contributed by atoms with van der Waals surface area (Å²) >= 11 is 5.76. The maximum atomic E-state index is 12.0. The highest BCUT2D eigenvalue weighted by molar-refractivity contribution is 6.30. The molecular formula is C13H15ClN2O3. The van der Waals surface area contributed by atoms with Crippen LogP contribution in [0.1, 0.15) is 0 Å². The fourth-order valence-electron chi connectivity index (χ4n) is 1.46. The molecular weight excluding hydrogens is 268 g/mol. The van der Waals surface area contributed by atoms with Gasteiger partial charge in [-0.1, -0.05) is 17.7 Å². The Morgan fingerprint density at radius 2 is 2.00 bits per heavy atom. The van der Waals surface area contributed by atoms with Crippen LogP contribution in [0.15, 0.2) is 36.9 Å². The van der Waals surface area contributed by atoms with Gasteiger partial charge in [0, 0.05) is 17.3 Å². The van der Waals surface area contributed by atoms with Crippen molar-refractivity contribution in [2.75, 3.05) is 24.5 Å². The SMILES string of the molecule is C=CCNCC(=O)N(CC(=O)O)c1ccc(Cl)cc1. The van der Waals surface area contributed by atoms with Gasteiger partial charge in [0.15, 0.2) is 0 Å². The lowest BCUT2D eigenvalue weighted by atomic mass is 10.2. The number of halogens is 1. The first-order chi connectivity index (χ1) is 9.04. The second kappa shape index (κ2) is 7.56. The van der Waals surface area contributed by atoms with Gasteiger partial charge in [0.25, 0.3) is 0 Å². The largest absolute Gasteiger partial charge is 0.480 e. The van der Waals surface area contributed by atoms with E-state index in [1.54, 1.807) is 30.3 Å². The second-order valence-electron chi connectivity index (χ2n) is 3.77. The molecule has 0 aromatic heterocycles. The van der Waals surface area contributed by atoms with Gasteiger partial charge < -0.3 is 15.3 Å². The van der Waals surface area contributed by atoms with Crippen molar-refractivity contribution in [1.82, 2.24) is 5.32 Å². The normalized spacial score (nSPS) is 9.95. The van der Waals surface area contributed by atoms with Gasteiger partial charge in [-0.15, -0.1) is 6.58 Å². The Morgan fingerprint density at radius 3 is 2.53 bits per heavy atom. The van der Waals surface area contributed by atoms with Crippen LogP contribution < -0.4 is 10.2 Å². The molecule has 0 fully saturated rings. The smallest absolute Gasteiger partial charge is 0.323 e. The molecule has 0 aliphatic rings. The molecule has 0 saturated heterocycles. The Bertz CT molecular complexity index is 459. The quantitative estimate of drug-likeness (QED) is 0.588. The van der Waals surface area contributed by atoms with Crippen LogP contribution in [0.2, 0.25) is 5.02 Å². The van der Waals surface area contributed by atoms with E-state index >= 15 is 0 Å². The zero-order valence-electron chi connectivity index (χ0n) is 10.3. The molecule has 0 bridgehead atoms. The number of nitrogens with one attached hydrogen (secondary N) is 1. The minimum absolute atomic E-state index is 0.0436. The maximum absolute atomic E-state index is 12.0. The molecule has 1 aromatic carbocycles. The van der Waals surface area contributed by atoms with E-state index in [0.29, 0.717) is 17.3 Å². The summed E-state index contributed by atoms with van der Waals surface area (Å²) in [7, 11) is 0. The molecule has 0 unspecified atom stereocenters. The number of rotatable bonds is 7. The van der Waals surface area contributed by atoms with Gasteiger partial charge in [-0.3, -0.25) is 9.59 Å². The van der Waals surface area contributed by atoms with Crippen molar-refractivity contribution in [3.63, 3.8) is 0 Å². The molecule has 102 valence electrons. The lowest BCUT2D eigenvalue weighted by Gasteiger charge is -2.21. The van der Waals surface area contributed by atoms with Crippen molar-refractivity contribution in [2.24, 2.45) is 0 Å². The fourth-order valence-corrected chi connectivity index (χ4v) is 1.58. The van der Waals surface area contributed by atoms with E-state index in [1.165, 1.54) is 4.90 Å². The molecule has 6 heteroatoms. The van der Waals surface area contributed by atoms with Crippen LogP contribution in [-0.2, 0) is 9.59 Å². The van der Waals surface area contributed by atoms with E-state index in [1.807, 2.05) is 0 Å². The molecule has 0 spiro atoms. The number of aliphatic carboxylic acids is 1. The summed E-state index contributed by atoms with van der Waals surface area (Å²) in [6.45, 7) is 3.65. The number of hydrogen-bond donors (Lipinski definition) is 2. The number of carbonyl (C=O) groups excluding carboxylic acids is 1. The highest BCUT2D eigenvalue weighted by Crippen LogP contribution is 2.17. The molecule has 19 heavy (non-hydrogen) atoms. The monoisotopic (exact) mass is 282 g/mol. The average Bonchev–Trinajstić information content (AvgIpc) is 2.37. The molecule has 1 aromatic rings. The van der Waals surface area contributed by atoms with Crippen LogP contribution >= 0.6 is 11.6 Å². The molecule has 0 aliphatic heterocycles. The molecule has 0 atom stereocenters. The topological polar surface area (TPSA) is 69.6 Å². The molecule has 5 nitrogen and oxygen atoms in total.